The third-order valence-electron chi connectivity index (χ3n) is 4.34. The molecule has 1 saturated heterocycles. The molecule has 0 saturated carbocycles. The van der Waals surface area contributed by atoms with Crippen LogP contribution in [0.25, 0.3) is 0 Å². The van der Waals surface area contributed by atoms with Crippen molar-refractivity contribution in [2.24, 2.45) is 0 Å². The summed E-state index contributed by atoms with van der Waals surface area (Å²) >= 11 is 0. The summed E-state index contributed by atoms with van der Waals surface area (Å²) in [5.74, 6) is -1.30. The van der Waals surface area contributed by atoms with Crippen molar-refractivity contribution in [3.63, 3.8) is 0 Å². The number of hydrogen-bond acceptors (Lipinski definition) is 4. The number of halogens is 1. The highest BCUT2D eigenvalue weighted by Gasteiger charge is 2.52. The largest absolute Gasteiger partial charge is 0.495 e. The molecule has 0 N–H and O–H groups in total. The highest BCUT2D eigenvalue weighted by Crippen LogP contribution is 2.36. The predicted molar refractivity (Wildman–Crippen MR) is 78.2 cm³/mol. The SMILES string of the molecule is COC(=O)c1ccc(B2OC(C)(C)C(C)(C)O2)c(C)c1F. The van der Waals surface area contributed by atoms with E-state index in [1.807, 2.05) is 27.7 Å². The first kappa shape index (κ1) is 16.0. The number of methoxy groups -OCH3 is 1. The van der Waals surface area contributed by atoms with Gasteiger partial charge in [-0.15, -0.1) is 0 Å². The van der Waals surface area contributed by atoms with Gasteiger partial charge in [0.05, 0.1) is 23.9 Å². The van der Waals surface area contributed by atoms with Gasteiger partial charge in [0.15, 0.2) is 0 Å². The molecule has 0 spiro atoms. The van der Waals surface area contributed by atoms with Crippen LogP contribution in [-0.4, -0.2) is 31.4 Å². The lowest BCUT2D eigenvalue weighted by Crippen LogP contribution is -2.41. The lowest BCUT2D eigenvalue weighted by molar-refractivity contribution is 0.00578. The Kier molecular flexibility index (Phi) is 3.89. The average molecular weight is 294 g/mol. The Bertz CT molecular complexity index is 567. The third-order valence-corrected chi connectivity index (χ3v) is 4.34. The molecule has 0 aliphatic carbocycles. The van der Waals surface area contributed by atoms with E-state index in [-0.39, 0.29) is 5.56 Å². The molecule has 1 fully saturated rings. The molecule has 6 heteroatoms. The maximum atomic E-state index is 14.3. The van der Waals surface area contributed by atoms with Crippen LogP contribution in [0.4, 0.5) is 4.39 Å². The quantitative estimate of drug-likeness (QED) is 0.620. The van der Waals surface area contributed by atoms with Crippen molar-refractivity contribution in [2.75, 3.05) is 7.11 Å². The normalized spacial score (nSPS) is 19.7. The number of carbonyl (C=O) groups is 1. The van der Waals surface area contributed by atoms with Crippen molar-refractivity contribution in [2.45, 2.75) is 45.8 Å². The van der Waals surface area contributed by atoms with Crippen molar-refractivity contribution in [1.29, 1.82) is 0 Å². The van der Waals surface area contributed by atoms with Crippen molar-refractivity contribution >= 4 is 18.6 Å². The van der Waals surface area contributed by atoms with Crippen molar-refractivity contribution < 1.29 is 23.2 Å². The molecule has 1 aliphatic rings. The molecule has 0 amide bonds. The van der Waals surface area contributed by atoms with Gasteiger partial charge in [0.25, 0.3) is 0 Å². The molecular weight excluding hydrogens is 274 g/mol. The zero-order chi connectivity index (χ0) is 16.0. The molecule has 1 aromatic carbocycles. The topological polar surface area (TPSA) is 44.8 Å². The Balaban J connectivity index is 2.40. The summed E-state index contributed by atoms with van der Waals surface area (Å²) in [6, 6.07) is 3.04. The summed E-state index contributed by atoms with van der Waals surface area (Å²) in [6.45, 7) is 9.33. The van der Waals surface area contributed by atoms with E-state index in [0.717, 1.165) is 0 Å². The summed E-state index contributed by atoms with van der Waals surface area (Å²) in [7, 11) is 0.565. The fourth-order valence-corrected chi connectivity index (χ4v) is 2.19. The smallest absolute Gasteiger partial charge is 0.465 e. The van der Waals surface area contributed by atoms with Crippen LogP contribution in [0.2, 0.25) is 0 Å². The second kappa shape index (κ2) is 5.11. The molecule has 1 aliphatic heterocycles. The van der Waals surface area contributed by atoms with Crippen molar-refractivity contribution in [1.82, 2.24) is 0 Å². The molecule has 114 valence electrons. The lowest BCUT2D eigenvalue weighted by Gasteiger charge is -2.32. The summed E-state index contributed by atoms with van der Waals surface area (Å²) in [6.07, 6.45) is 0. The molecule has 1 heterocycles. The first-order chi connectivity index (χ1) is 9.60. The van der Waals surface area contributed by atoms with Crippen LogP contribution in [0.5, 0.6) is 0 Å². The van der Waals surface area contributed by atoms with E-state index < -0.39 is 30.1 Å². The minimum atomic E-state index is -0.698. The Morgan fingerprint density at radius 1 is 1.19 bits per heavy atom. The summed E-state index contributed by atoms with van der Waals surface area (Å²) in [5, 5.41) is 0. The van der Waals surface area contributed by atoms with Gasteiger partial charge in [0, 0.05) is 0 Å². The second-order valence-corrected chi connectivity index (χ2v) is 6.22. The molecule has 0 unspecified atom stereocenters. The zero-order valence-corrected chi connectivity index (χ0v) is 13.2. The first-order valence-electron chi connectivity index (χ1n) is 6.83. The number of benzene rings is 1. The number of esters is 1. The molecular formula is C15H20BFO4. The Morgan fingerprint density at radius 2 is 1.71 bits per heavy atom. The van der Waals surface area contributed by atoms with E-state index in [1.165, 1.54) is 13.2 Å². The van der Waals surface area contributed by atoms with Crippen LogP contribution in [0, 0.1) is 12.7 Å². The Hall–Kier alpha value is -1.40. The minimum Gasteiger partial charge on any atom is -0.465 e. The highest BCUT2D eigenvalue weighted by molar-refractivity contribution is 6.62. The second-order valence-electron chi connectivity index (χ2n) is 6.22. The molecule has 1 aromatic rings. The van der Waals surface area contributed by atoms with E-state index in [2.05, 4.69) is 4.74 Å². The van der Waals surface area contributed by atoms with Crippen LogP contribution in [0.3, 0.4) is 0 Å². The minimum absolute atomic E-state index is 0.0877. The monoisotopic (exact) mass is 294 g/mol. The molecule has 0 atom stereocenters. The maximum absolute atomic E-state index is 14.3. The van der Waals surface area contributed by atoms with Gasteiger partial charge in [-0.1, -0.05) is 6.07 Å². The summed E-state index contributed by atoms with van der Waals surface area (Å²) in [4.78, 5) is 11.5. The van der Waals surface area contributed by atoms with Crippen LogP contribution < -0.4 is 5.46 Å². The molecule has 0 bridgehead atoms. The van der Waals surface area contributed by atoms with E-state index in [4.69, 9.17) is 9.31 Å². The number of hydrogen-bond donors (Lipinski definition) is 0. The van der Waals surface area contributed by atoms with Crippen molar-refractivity contribution in [3.8, 4) is 0 Å². The molecule has 0 aromatic heterocycles. The summed E-state index contributed by atoms with van der Waals surface area (Å²) < 4.78 is 30.7. The van der Waals surface area contributed by atoms with Gasteiger partial charge < -0.3 is 14.0 Å². The standard InChI is InChI=1S/C15H20BFO4/c1-9-11(8-7-10(12(9)17)13(18)19-6)16-20-14(2,3)15(4,5)21-16/h7-8H,1-6H3. The van der Waals surface area contributed by atoms with Crippen LogP contribution >= 0.6 is 0 Å². The fourth-order valence-electron chi connectivity index (χ4n) is 2.19. The van der Waals surface area contributed by atoms with Gasteiger partial charge in [-0.3, -0.25) is 0 Å². The van der Waals surface area contributed by atoms with Crippen molar-refractivity contribution in [3.05, 3.63) is 29.1 Å². The van der Waals surface area contributed by atoms with Gasteiger partial charge in [-0.2, -0.15) is 0 Å². The number of ether oxygens (including phenoxy) is 1. The van der Waals surface area contributed by atoms with E-state index in [0.29, 0.717) is 11.0 Å². The van der Waals surface area contributed by atoms with E-state index >= 15 is 0 Å². The van der Waals surface area contributed by atoms with Crippen LogP contribution in [0.15, 0.2) is 12.1 Å². The first-order valence-corrected chi connectivity index (χ1v) is 6.83. The molecule has 4 nitrogen and oxygen atoms in total. The van der Waals surface area contributed by atoms with Gasteiger partial charge >= 0.3 is 13.1 Å². The average Bonchev–Trinajstić information content (AvgIpc) is 2.60. The Labute approximate surface area is 124 Å². The van der Waals surface area contributed by atoms with Crippen LogP contribution in [-0.2, 0) is 14.0 Å². The van der Waals surface area contributed by atoms with Gasteiger partial charge in [0.2, 0.25) is 0 Å². The van der Waals surface area contributed by atoms with Gasteiger partial charge in [-0.25, -0.2) is 9.18 Å². The number of rotatable bonds is 2. The van der Waals surface area contributed by atoms with Crippen LogP contribution in [0.1, 0.15) is 43.6 Å². The van der Waals surface area contributed by atoms with E-state index in [1.54, 1.807) is 13.0 Å². The molecule has 0 radical (unpaired) electrons. The zero-order valence-electron chi connectivity index (χ0n) is 13.2. The Morgan fingerprint density at radius 3 is 2.19 bits per heavy atom. The highest BCUT2D eigenvalue weighted by atomic mass is 19.1. The fraction of sp³-hybridized carbons (Fsp3) is 0.533. The summed E-state index contributed by atoms with van der Waals surface area (Å²) in [5.41, 5.74) is -0.172. The molecule has 21 heavy (non-hydrogen) atoms. The van der Waals surface area contributed by atoms with E-state index in [9.17, 15) is 9.18 Å². The van der Waals surface area contributed by atoms with Gasteiger partial charge in [0.1, 0.15) is 5.82 Å². The third kappa shape index (κ3) is 2.58. The molecule has 2 rings (SSSR count). The number of carbonyl (C=O) groups excluding carboxylic acids is 1. The maximum Gasteiger partial charge on any atom is 0.495 e. The lowest BCUT2D eigenvalue weighted by atomic mass is 9.75. The van der Waals surface area contributed by atoms with Gasteiger partial charge in [-0.05, 0) is 51.7 Å². The predicted octanol–water partition coefficient (Wildman–Crippen LogP) is 2.22.